The fraction of sp³-hybridized carbons (Fsp3) is 0.467. The lowest BCUT2D eigenvalue weighted by Crippen LogP contribution is -2.29. The minimum atomic E-state index is 0.559. The molecule has 3 rings (SSSR count). The Morgan fingerprint density at radius 1 is 1.45 bits per heavy atom. The summed E-state index contributed by atoms with van der Waals surface area (Å²) in [5.74, 6) is 0.559. The lowest BCUT2D eigenvalue weighted by atomic mass is 10.2. The van der Waals surface area contributed by atoms with Crippen molar-refractivity contribution in [3.8, 4) is 11.3 Å². The molecule has 2 aromatic heterocycles. The second-order valence-corrected chi connectivity index (χ2v) is 5.27. The van der Waals surface area contributed by atoms with Crippen LogP contribution in [-0.4, -0.2) is 38.6 Å². The molecule has 5 nitrogen and oxygen atoms in total. The Hall–Kier alpha value is -1.88. The van der Waals surface area contributed by atoms with Crippen LogP contribution in [0.5, 0.6) is 0 Å². The summed E-state index contributed by atoms with van der Waals surface area (Å²) in [7, 11) is 0. The zero-order valence-corrected chi connectivity index (χ0v) is 11.9. The van der Waals surface area contributed by atoms with Gasteiger partial charge in [-0.05, 0) is 31.5 Å². The van der Waals surface area contributed by atoms with Crippen molar-refractivity contribution in [3.63, 3.8) is 0 Å². The van der Waals surface area contributed by atoms with Gasteiger partial charge in [0.15, 0.2) is 0 Å². The summed E-state index contributed by atoms with van der Waals surface area (Å²) in [6.45, 7) is 5.34. The van der Waals surface area contributed by atoms with E-state index in [9.17, 15) is 0 Å². The van der Waals surface area contributed by atoms with Crippen molar-refractivity contribution in [2.45, 2.75) is 32.4 Å². The Morgan fingerprint density at radius 3 is 3.00 bits per heavy atom. The van der Waals surface area contributed by atoms with E-state index in [1.54, 1.807) is 6.20 Å². The Kier molecular flexibility index (Phi) is 3.69. The van der Waals surface area contributed by atoms with Crippen molar-refractivity contribution in [1.29, 1.82) is 0 Å². The molecule has 20 heavy (non-hydrogen) atoms. The van der Waals surface area contributed by atoms with Crippen LogP contribution in [0.3, 0.4) is 0 Å². The van der Waals surface area contributed by atoms with E-state index in [0.29, 0.717) is 5.82 Å². The monoisotopic (exact) mass is 271 g/mol. The van der Waals surface area contributed by atoms with E-state index in [-0.39, 0.29) is 0 Å². The second kappa shape index (κ2) is 5.63. The van der Waals surface area contributed by atoms with Gasteiger partial charge in [-0.25, -0.2) is 9.97 Å². The summed E-state index contributed by atoms with van der Waals surface area (Å²) in [4.78, 5) is 11.0. The first-order chi connectivity index (χ1) is 9.79. The van der Waals surface area contributed by atoms with E-state index in [1.807, 2.05) is 24.7 Å². The molecule has 0 saturated heterocycles. The first kappa shape index (κ1) is 13.1. The first-order valence-corrected chi connectivity index (χ1v) is 7.24. The van der Waals surface area contributed by atoms with Crippen molar-refractivity contribution < 1.29 is 0 Å². The number of nitrogen functional groups attached to an aromatic ring is 1. The fourth-order valence-electron chi connectivity index (χ4n) is 2.63. The number of anilines is 1. The maximum atomic E-state index is 5.96. The van der Waals surface area contributed by atoms with E-state index in [4.69, 9.17) is 5.73 Å². The van der Waals surface area contributed by atoms with Crippen molar-refractivity contribution in [2.24, 2.45) is 0 Å². The topological polar surface area (TPSA) is 60.0 Å². The lowest BCUT2D eigenvalue weighted by molar-refractivity contribution is 0.266. The summed E-state index contributed by atoms with van der Waals surface area (Å²) < 4.78 is 2.17. The molecule has 5 heteroatoms. The summed E-state index contributed by atoms with van der Waals surface area (Å²) in [5, 5.41) is 0. The van der Waals surface area contributed by atoms with Gasteiger partial charge in [0.25, 0.3) is 0 Å². The van der Waals surface area contributed by atoms with Crippen LogP contribution >= 0.6 is 0 Å². The van der Waals surface area contributed by atoms with Crippen molar-refractivity contribution in [2.75, 3.05) is 18.8 Å². The summed E-state index contributed by atoms with van der Waals surface area (Å²) in [5.41, 5.74) is 7.96. The smallest absolute Gasteiger partial charge is 0.132 e. The third kappa shape index (κ3) is 2.67. The normalized spacial score (nSPS) is 14.9. The third-order valence-corrected chi connectivity index (χ3v) is 3.92. The molecule has 2 aromatic rings. The molecule has 0 aromatic carbocycles. The highest BCUT2D eigenvalue weighted by atomic mass is 15.2. The van der Waals surface area contributed by atoms with Crippen LogP contribution in [0.25, 0.3) is 11.3 Å². The van der Waals surface area contributed by atoms with E-state index < -0.39 is 0 Å². The van der Waals surface area contributed by atoms with Crippen molar-refractivity contribution in [1.82, 2.24) is 19.4 Å². The Balaban J connectivity index is 1.75. The molecule has 0 amide bonds. The zero-order valence-electron chi connectivity index (χ0n) is 11.9. The summed E-state index contributed by atoms with van der Waals surface area (Å²) in [6.07, 6.45) is 8.15. The highest BCUT2D eigenvalue weighted by Gasteiger charge is 2.27. The zero-order chi connectivity index (χ0) is 13.9. The van der Waals surface area contributed by atoms with Crippen LogP contribution in [0.1, 0.15) is 19.8 Å². The summed E-state index contributed by atoms with van der Waals surface area (Å²) >= 11 is 0. The molecule has 2 N–H and O–H groups in total. The number of hydrogen-bond acceptors (Lipinski definition) is 4. The number of rotatable bonds is 6. The van der Waals surface area contributed by atoms with Crippen molar-refractivity contribution >= 4 is 5.82 Å². The molecule has 0 atom stereocenters. The number of aromatic nitrogens is 3. The Bertz CT molecular complexity index is 573. The minimum absolute atomic E-state index is 0.559. The van der Waals surface area contributed by atoms with Gasteiger partial charge in [-0.1, -0.05) is 6.92 Å². The van der Waals surface area contributed by atoms with Crippen LogP contribution < -0.4 is 5.73 Å². The van der Waals surface area contributed by atoms with Crippen LogP contribution in [0.15, 0.2) is 30.9 Å². The fourth-order valence-corrected chi connectivity index (χ4v) is 2.63. The number of likely N-dealkylation sites (N-methyl/N-ethyl adjacent to an activating group) is 1. The number of nitrogens with zero attached hydrogens (tertiary/aromatic N) is 4. The lowest BCUT2D eigenvalue weighted by Gasteiger charge is -2.20. The molecule has 1 fully saturated rings. The molecule has 0 radical (unpaired) electrons. The van der Waals surface area contributed by atoms with Crippen LogP contribution in [0.2, 0.25) is 0 Å². The van der Waals surface area contributed by atoms with E-state index >= 15 is 0 Å². The predicted octanol–water partition coefficient (Wildman–Crippen LogP) is 2.01. The Morgan fingerprint density at radius 2 is 2.30 bits per heavy atom. The molecular formula is C15H21N5. The Labute approximate surface area is 119 Å². The largest absolute Gasteiger partial charge is 0.383 e. The molecule has 1 aliphatic rings. The number of imidazole rings is 1. The average Bonchev–Trinajstić information content (AvgIpc) is 3.19. The van der Waals surface area contributed by atoms with E-state index in [1.165, 1.54) is 12.8 Å². The van der Waals surface area contributed by atoms with Crippen LogP contribution in [0, 0.1) is 0 Å². The van der Waals surface area contributed by atoms with Gasteiger partial charge in [-0.2, -0.15) is 0 Å². The van der Waals surface area contributed by atoms with E-state index in [2.05, 4.69) is 26.4 Å². The molecule has 0 spiro atoms. The van der Waals surface area contributed by atoms with Gasteiger partial charge in [0.1, 0.15) is 5.82 Å². The molecule has 2 heterocycles. The SMILES string of the molecule is CCN(CCn1cncc1-c1cccnc1N)C1CC1. The van der Waals surface area contributed by atoms with Gasteiger partial charge in [0, 0.05) is 30.9 Å². The third-order valence-electron chi connectivity index (χ3n) is 3.92. The van der Waals surface area contributed by atoms with Gasteiger partial charge in [0.2, 0.25) is 0 Å². The maximum absolute atomic E-state index is 5.96. The molecule has 0 unspecified atom stereocenters. The van der Waals surface area contributed by atoms with Crippen LogP contribution in [-0.2, 0) is 6.54 Å². The number of hydrogen-bond donors (Lipinski definition) is 1. The number of nitrogens with two attached hydrogens (primary N) is 1. The highest BCUT2D eigenvalue weighted by Crippen LogP contribution is 2.27. The van der Waals surface area contributed by atoms with E-state index in [0.717, 1.165) is 36.9 Å². The van der Waals surface area contributed by atoms with Gasteiger partial charge in [0.05, 0.1) is 18.2 Å². The predicted molar refractivity (Wildman–Crippen MR) is 80.1 cm³/mol. The van der Waals surface area contributed by atoms with Gasteiger partial charge >= 0.3 is 0 Å². The molecule has 0 bridgehead atoms. The quantitative estimate of drug-likeness (QED) is 0.873. The maximum Gasteiger partial charge on any atom is 0.132 e. The first-order valence-electron chi connectivity index (χ1n) is 7.24. The molecular weight excluding hydrogens is 250 g/mol. The van der Waals surface area contributed by atoms with Crippen molar-refractivity contribution in [3.05, 3.63) is 30.9 Å². The van der Waals surface area contributed by atoms with Gasteiger partial charge < -0.3 is 10.3 Å². The molecule has 1 saturated carbocycles. The summed E-state index contributed by atoms with van der Waals surface area (Å²) in [6, 6.07) is 4.70. The molecule has 0 aliphatic heterocycles. The van der Waals surface area contributed by atoms with Gasteiger partial charge in [-0.3, -0.25) is 4.90 Å². The average molecular weight is 271 g/mol. The molecule has 1 aliphatic carbocycles. The van der Waals surface area contributed by atoms with Gasteiger partial charge in [-0.15, -0.1) is 0 Å². The second-order valence-electron chi connectivity index (χ2n) is 5.27. The highest BCUT2D eigenvalue weighted by molar-refractivity contribution is 5.70. The number of pyridine rings is 1. The van der Waals surface area contributed by atoms with Crippen LogP contribution in [0.4, 0.5) is 5.82 Å². The minimum Gasteiger partial charge on any atom is -0.383 e. The molecule has 106 valence electrons. The standard InChI is InChI=1S/C15H21N5/c1-2-19(12-5-6-12)8-9-20-11-17-10-14(20)13-4-3-7-18-15(13)16/h3-4,7,10-12H,2,5-6,8-9H2,1H3,(H2,16,18).